The molecule has 1 heterocycles. The van der Waals surface area contributed by atoms with Crippen molar-refractivity contribution in [2.75, 3.05) is 25.8 Å². The SMILES string of the molecule is CC[C@H](C)NC(=O)[C@@H]1CSCN1C(=O)c1ccc(OC)c(OC)c1. The molecule has 2 atom stereocenters. The van der Waals surface area contributed by atoms with Gasteiger partial charge < -0.3 is 19.7 Å². The van der Waals surface area contributed by atoms with Gasteiger partial charge in [-0.15, -0.1) is 11.8 Å². The van der Waals surface area contributed by atoms with E-state index in [1.807, 2.05) is 13.8 Å². The fourth-order valence-electron chi connectivity index (χ4n) is 2.44. The summed E-state index contributed by atoms with van der Waals surface area (Å²) >= 11 is 1.58. The number of carbonyl (C=O) groups is 2. The van der Waals surface area contributed by atoms with Crippen molar-refractivity contribution in [1.82, 2.24) is 10.2 Å². The lowest BCUT2D eigenvalue weighted by Gasteiger charge is -2.24. The molecule has 1 N–H and O–H groups in total. The van der Waals surface area contributed by atoms with Gasteiger partial charge in [0.1, 0.15) is 6.04 Å². The van der Waals surface area contributed by atoms with E-state index in [0.717, 1.165) is 6.42 Å². The molecule has 0 saturated carbocycles. The first-order chi connectivity index (χ1) is 11.5. The summed E-state index contributed by atoms with van der Waals surface area (Å²) in [5.74, 6) is 1.91. The summed E-state index contributed by atoms with van der Waals surface area (Å²) in [5, 5.41) is 2.96. The number of nitrogens with zero attached hydrogens (tertiary/aromatic N) is 1. The highest BCUT2D eigenvalue weighted by atomic mass is 32.2. The molecule has 0 spiro atoms. The number of methoxy groups -OCH3 is 2. The fourth-order valence-corrected chi connectivity index (χ4v) is 3.59. The van der Waals surface area contributed by atoms with Gasteiger partial charge in [-0.3, -0.25) is 9.59 Å². The minimum atomic E-state index is -0.440. The number of hydrogen-bond donors (Lipinski definition) is 1. The molecule has 1 fully saturated rings. The average Bonchev–Trinajstić information content (AvgIpc) is 3.10. The maximum absolute atomic E-state index is 12.8. The van der Waals surface area contributed by atoms with Crippen molar-refractivity contribution in [2.24, 2.45) is 0 Å². The van der Waals surface area contributed by atoms with Crippen LogP contribution in [-0.4, -0.2) is 54.6 Å². The van der Waals surface area contributed by atoms with Crippen molar-refractivity contribution < 1.29 is 19.1 Å². The fraction of sp³-hybridized carbons (Fsp3) is 0.529. The molecule has 7 heteroatoms. The van der Waals surface area contributed by atoms with E-state index in [1.165, 1.54) is 7.11 Å². The van der Waals surface area contributed by atoms with Gasteiger partial charge in [-0.2, -0.15) is 0 Å². The van der Waals surface area contributed by atoms with Gasteiger partial charge in [-0.25, -0.2) is 0 Å². The van der Waals surface area contributed by atoms with Crippen molar-refractivity contribution >= 4 is 23.6 Å². The number of amides is 2. The zero-order valence-corrected chi connectivity index (χ0v) is 15.3. The number of carbonyl (C=O) groups excluding carboxylic acids is 2. The monoisotopic (exact) mass is 352 g/mol. The predicted molar refractivity (Wildman–Crippen MR) is 94.7 cm³/mol. The summed E-state index contributed by atoms with van der Waals surface area (Å²) in [6.45, 7) is 3.97. The van der Waals surface area contributed by atoms with Crippen LogP contribution in [0.1, 0.15) is 30.6 Å². The van der Waals surface area contributed by atoms with E-state index in [9.17, 15) is 9.59 Å². The third kappa shape index (κ3) is 3.95. The van der Waals surface area contributed by atoms with E-state index in [-0.39, 0.29) is 17.9 Å². The quantitative estimate of drug-likeness (QED) is 0.849. The van der Waals surface area contributed by atoms with Gasteiger partial charge in [-0.1, -0.05) is 6.92 Å². The minimum Gasteiger partial charge on any atom is -0.493 e. The molecular weight excluding hydrogens is 328 g/mol. The molecule has 2 amide bonds. The van der Waals surface area contributed by atoms with Crippen molar-refractivity contribution in [1.29, 1.82) is 0 Å². The summed E-state index contributed by atoms with van der Waals surface area (Å²) in [6.07, 6.45) is 0.856. The Balaban J connectivity index is 2.17. The summed E-state index contributed by atoms with van der Waals surface area (Å²) in [4.78, 5) is 26.9. The maximum atomic E-state index is 12.8. The number of nitrogens with one attached hydrogen (secondary N) is 1. The van der Waals surface area contributed by atoms with E-state index >= 15 is 0 Å². The summed E-state index contributed by atoms with van der Waals surface area (Å²) in [6, 6.07) is 4.69. The minimum absolute atomic E-state index is 0.0943. The molecule has 6 nitrogen and oxygen atoms in total. The van der Waals surface area contributed by atoms with Crippen LogP contribution in [0.2, 0.25) is 0 Å². The average molecular weight is 352 g/mol. The van der Waals surface area contributed by atoms with Crippen LogP contribution in [0.25, 0.3) is 0 Å². The number of benzene rings is 1. The second-order valence-electron chi connectivity index (χ2n) is 5.68. The maximum Gasteiger partial charge on any atom is 0.255 e. The Bertz CT molecular complexity index is 608. The smallest absolute Gasteiger partial charge is 0.255 e. The van der Waals surface area contributed by atoms with Crippen molar-refractivity contribution in [3.05, 3.63) is 23.8 Å². The molecule has 0 aromatic heterocycles. The molecule has 1 aromatic carbocycles. The van der Waals surface area contributed by atoms with Crippen LogP contribution in [-0.2, 0) is 4.79 Å². The van der Waals surface area contributed by atoms with Gasteiger partial charge in [0.25, 0.3) is 5.91 Å². The van der Waals surface area contributed by atoms with Gasteiger partial charge in [-0.05, 0) is 31.5 Å². The highest BCUT2D eigenvalue weighted by Gasteiger charge is 2.35. The zero-order valence-electron chi connectivity index (χ0n) is 14.5. The lowest BCUT2D eigenvalue weighted by Crippen LogP contribution is -2.49. The molecule has 0 radical (unpaired) electrons. The Kier molecular flexibility index (Phi) is 6.36. The molecule has 0 unspecified atom stereocenters. The Morgan fingerprint density at radius 2 is 2.04 bits per heavy atom. The van der Waals surface area contributed by atoms with Crippen LogP contribution < -0.4 is 14.8 Å². The van der Waals surface area contributed by atoms with Crippen LogP contribution in [0.4, 0.5) is 0 Å². The second-order valence-corrected chi connectivity index (χ2v) is 6.68. The molecule has 1 aromatic rings. The van der Waals surface area contributed by atoms with E-state index in [2.05, 4.69) is 5.32 Å². The molecule has 0 aliphatic carbocycles. The van der Waals surface area contributed by atoms with E-state index in [4.69, 9.17) is 9.47 Å². The highest BCUT2D eigenvalue weighted by Crippen LogP contribution is 2.30. The molecule has 0 bridgehead atoms. The molecular formula is C17H24N2O4S. The Morgan fingerprint density at radius 1 is 1.33 bits per heavy atom. The first-order valence-electron chi connectivity index (χ1n) is 7.92. The lowest BCUT2D eigenvalue weighted by atomic mass is 10.1. The summed E-state index contributed by atoms with van der Waals surface area (Å²) in [5.41, 5.74) is 0.483. The van der Waals surface area contributed by atoms with Crippen molar-refractivity contribution in [3.8, 4) is 11.5 Å². The third-order valence-corrected chi connectivity index (χ3v) is 5.09. The third-order valence-electron chi connectivity index (χ3n) is 4.08. The number of rotatable bonds is 6. The standard InChI is InChI=1S/C17H24N2O4S/c1-5-11(2)18-16(20)13-9-24-10-19(13)17(21)12-6-7-14(22-3)15(8-12)23-4/h6-8,11,13H,5,9-10H2,1-4H3,(H,18,20)/t11-,13-/m0/s1. The van der Waals surface area contributed by atoms with Gasteiger partial charge in [0.05, 0.1) is 20.1 Å². The number of thioether (sulfide) groups is 1. The van der Waals surface area contributed by atoms with Crippen LogP contribution >= 0.6 is 11.8 Å². The molecule has 2 rings (SSSR count). The molecule has 1 saturated heterocycles. The largest absolute Gasteiger partial charge is 0.493 e. The summed E-state index contributed by atoms with van der Waals surface area (Å²) < 4.78 is 10.4. The van der Waals surface area contributed by atoms with Crippen LogP contribution in [0.3, 0.4) is 0 Å². The van der Waals surface area contributed by atoms with Gasteiger partial charge in [0.2, 0.25) is 5.91 Å². The van der Waals surface area contributed by atoms with Gasteiger partial charge >= 0.3 is 0 Å². The second kappa shape index (κ2) is 8.28. The van der Waals surface area contributed by atoms with E-state index in [1.54, 1.807) is 42.0 Å². The molecule has 1 aliphatic heterocycles. The topological polar surface area (TPSA) is 67.9 Å². The van der Waals surface area contributed by atoms with Crippen molar-refractivity contribution in [2.45, 2.75) is 32.4 Å². The predicted octanol–water partition coefficient (Wildman–Crippen LogP) is 2.13. The van der Waals surface area contributed by atoms with Crippen LogP contribution in [0, 0.1) is 0 Å². The first kappa shape index (κ1) is 18.4. The van der Waals surface area contributed by atoms with Crippen molar-refractivity contribution in [3.63, 3.8) is 0 Å². The molecule has 1 aliphatic rings. The Hall–Kier alpha value is -1.89. The van der Waals surface area contributed by atoms with Crippen LogP contribution in [0.15, 0.2) is 18.2 Å². The molecule has 132 valence electrons. The summed E-state index contributed by atoms with van der Waals surface area (Å²) in [7, 11) is 3.08. The Morgan fingerprint density at radius 3 is 2.67 bits per heavy atom. The number of ether oxygens (including phenoxy) is 2. The Labute approximate surface area is 146 Å². The van der Waals surface area contributed by atoms with E-state index in [0.29, 0.717) is 28.7 Å². The first-order valence-corrected chi connectivity index (χ1v) is 9.08. The lowest BCUT2D eigenvalue weighted by molar-refractivity contribution is -0.125. The number of hydrogen-bond acceptors (Lipinski definition) is 5. The van der Waals surface area contributed by atoms with Gasteiger partial charge in [0.15, 0.2) is 11.5 Å². The van der Waals surface area contributed by atoms with Crippen LogP contribution in [0.5, 0.6) is 11.5 Å². The molecule has 24 heavy (non-hydrogen) atoms. The zero-order chi connectivity index (χ0) is 17.7. The normalized spacial score (nSPS) is 18.2. The highest BCUT2D eigenvalue weighted by molar-refractivity contribution is 7.99. The van der Waals surface area contributed by atoms with E-state index < -0.39 is 6.04 Å². The van der Waals surface area contributed by atoms with Gasteiger partial charge in [0, 0.05) is 17.4 Å².